The minimum Gasteiger partial charge on any atom is -0.388 e. The monoisotopic (exact) mass is 440 g/mol. The third-order valence-electron chi connectivity index (χ3n) is 6.81. The van der Waals surface area contributed by atoms with Gasteiger partial charge in [0.2, 0.25) is 0 Å². The second-order valence-electron chi connectivity index (χ2n) is 8.65. The molecule has 1 saturated carbocycles. The van der Waals surface area contributed by atoms with Gasteiger partial charge < -0.3 is 20.5 Å². The maximum atomic E-state index is 12.9. The number of nitrogens with zero attached hydrogens (tertiary/aromatic N) is 4. The summed E-state index contributed by atoms with van der Waals surface area (Å²) in [5, 5.41) is 3.98. The highest BCUT2D eigenvalue weighted by molar-refractivity contribution is 6.08. The number of fused-ring (bicyclic) bond motifs is 1. The molecular formula is C26H28N6O. The van der Waals surface area contributed by atoms with E-state index < -0.39 is 0 Å². The molecule has 5 rings (SSSR count). The molecule has 4 aromatic rings. The van der Waals surface area contributed by atoms with Gasteiger partial charge in [-0.2, -0.15) is 0 Å². The van der Waals surface area contributed by atoms with Gasteiger partial charge >= 0.3 is 0 Å². The molecule has 7 nitrogen and oxygen atoms in total. The van der Waals surface area contributed by atoms with E-state index in [1.54, 1.807) is 0 Å². The Balaban J connectivity index is 1.63. The molecule has 7 heteroatoms. The van der Waals surface area contributed by atoms with Crippen molar-refractivity contribution in [3.8, 4) is 22.4 Å². The number of aryl methyl sites for hydroxylation is 1. The van der Waals surface area contributed by atoms with Gasteiger partial charge in [0.15, 0.2) is 0 Å². The minimum atomic E-state index is 0.0647. The Hall–Kier alpha value is -3.87. The van der Waals surface area contributed by atoms with E-state index in [1.807, 2.05) is 62.4 Å². The zero-order valence-electron chi connectivity index (χ0n) is 19.2. The van der Waals surface area contributed by atoms with Gasteiger partial charge in [-0.25, -0.2) is 9.97 Å². The van der Waals surface area contributed by atoms with Gasteiger partial charge in [-0.3, -0.25) is 4.79 Å². The lowest BCUT2D eigenvalue weighted by molar-refractivity contribution is 0.0652. The molecule has 1 amide bonds. The van der Waals surface area contributed by atoms with E-state index in [0.717, 1.165) is 51.9 Å². The van der Waals surface area contributed by atoms with Gasteiger partial charge in [-0.15, -0.1) is 0 Å². The Morgan fingerprint density at radius 3 is 2.33 bits per heavy atom. The van der Waals surface area contributed by atoms with Crippen LogP contribution in [0.2, 0.25) is 0 Å². The molecule has 0 atom stereocenters. The summed E-state index contributed by atoms with van der Waals surface area (Å²) in [6.45, 7) is 0. The Morgan fingerprint density at radius 1 is 1.06 bits per heavy atom. The molecule has 33 heavy (non-hydrogen) atoms. The number of nitrogen functional groups attached to an aromatic ring is 1. The zero-order valence-corrected chi connectivity index (χ0v) is 19.2. The normalized spacial score (nSPS) is 13.7. The van der Waals surface area contributed by atoms with E-state index in [4.69, 9.17) is 5.73 Å². The van der Waals surface area contributed by atoms with Crippen molar-refractivity contribution in [3.05, 3.63) is 60.4 Å². The number of amides is 1. The lowest BCUT2D eigenvalue weighted by atomic mass is 9.91. The van der Waals surface area contributed by atoms with Gasteiger partial charge in [-0.05, 0) is 54.7 Å². The van der Waals surface area contributed by atoms with Crippen molar-refractivity contribution in [1.29, 1.82) is 0 Å². The maximum Gasteiger partial charge on any atom is 0.253 e. The standard InChI is InChI=1S/C26H28N6O/c1-28-19-13-11-17(12-14-19)23-21(22-24(27)29-15-30-25(22)32(23)3)16-7-9-18(10-8-16)26(33)31(2)20-5-4-6-20/h7-15,20,28H,4-6H2,1-3H3,(H2,27,29,30). The number of hydrogen-bond acceptors (Lipinski definition) is 5. The van der Waals surface area contributed by atoms with E-state index in [9.17, 15) is 4.79 Å². The second kappa shape index (κ2) is 8.24. The molecule has 1 fully saturated rings. The summed E-state index contributed by atoms with van der Waals surface area (Å²) in [5.74, 6) is 0.503. The summed E-state index contributed by atoms with van der Waals surface area (Å²) in [6.07, 6.45) is 4.87. The molecule has 168 valence electrons. The van der Waals surface area contributed by atoms with Crippen LogP contribution in [0.3, 0.4) is 0 Å². The average molecular weight is 441 g/mol. The predicted molar refractivity (Wildman–Crippen MR) is 133 cm³/mol. The Bertz CT molecular complexity index is 1320. The van der Waals surface area contributed by atoms with E-state index in [1.165, 1.54) is 12.7 Å². The molecule has 0 unspecified atom stereocenters. The van der Waals surface area contributed by atoms with Crippen molar-refractivity contribution in [1.82, 2.24) is 19.4 Å². The van der Waals surface area contributed by atoms with Crippen LogP contribution in [-0.2, 0) is 7.05 Å². The molecule has 0 bridgehead atoms. The number of carbonyl (C=O) groups is 1. The van der Waals surface area contributed by atoms with Crippen LogP contribution in [0.4, 0.5) is 11.5 Å². The van der Waals surface area contributed by atoms with Crippen molar-refractivity contribution < 1.29 is 4.79 Å². The maximum absolute atomic E-state index is 12.9. The van der Waals surface area contributed by atoms with Crippen LogP contribution in [0.25, 0.3) is 33.4 Å². The van der Waals surface area contributed by atoms with E-state index in [-0.39, 0.29) is 5.91 Å². The van der Waals surface area contributed by atoms with Gasteiger partial charge in [0.1, 0.15) is 17.8 Å². The Morgan fingerprint density at radius 2 is 1.73 bits per heavy atom. The lowest BCUT2D eigenvalue weighted by Crippen LogP contribution is -2.41. The van der Waals surface area contributed by atoms with Gasteiger partial charge in [0.25, 0.3) is 5.91 Å². The molecule has 2 aromatic heterocycles. The van der Waals surface area contributed by atoms with Crippen molar-refractivity contribution in [2.45, 2.75) is 25.3 Å². The van der Waals surface area contributed by atoms with Crippen molar-refractivity contribution >= 4 is 28.4 Å². The highest BCUT2D eigenvalue weighted by Crippen LogP contribution is 2.41. The van der Waals surface area contributed by atoms with E-state index in [0.29, 0.717) is 17.4 Å². The fourth-order valence-corrected chi connectivity index (χ4v) is 4.61. The number of anilines is 2. The first kappa shape index (κ1) is 21.0. The molecule has 2 aromatic carbocycles. The first-order chi connectivity index (χ1) is 16.0. The van der Waals surface area contributed by atoms with Crippen molar-refractivity contribution in [3.63, 3.8) is 0 Å². The Labute approximate surface area is 193 Å². The number of carbonyl (C=O) groups excluding carboxylic acids is 1. The van der Waals surface area contributed by atoms with Crippen LogP contribution >= 0.6 is 0 Å². The molecule has 0 aliphatic heterocycles. The van der Waals surface area contributed by atoms with Crippen LogP contribution < -0.4 is 11.1 Å². The highest BCUT2D eigenvalue weighted by Gasteiger charge is 2.27. The molecule has 1 aliphatic carbocycles. The molecule has 1 aliphatic rings. The number of aromatic nitrogens is 3. The van der Waals surface area contributed by atoms with Gasteiger partial charge in [-0.1, -0.05) is 24.3 Å². The summed E-state index contributed by atoms with van der Waals surface area (Å²) >= 11 is 0. The smallest absolute Gasteiger partial charge is 0.253 e. The van der Waals surface area contributed by atoms with Crippen molar-refractivity contribution in [2.24, 2.45) is 7.05 Å². The molecule has 0 radical (unpaired) electrons. The lowest BCUT2D eigenvalue weighted by Gasteiger charge is -2.34. The number of benzene rings is 2. The summed E-state index contributed by atoms with van der Waals surface area (Å²) in [4.78, 5) is 23.6. The zero-order chi connectivity index (χ0) is 23.1. The number of rotatable bonds is 5. The fourth-order valence-electron chi connectivity index (χ4n) is 4.61. The summed E-state index contributed by atoms with van der Waals surface area (Å²) in [6, 6.07) is 16.4. The number of hydrogen-bond donors (Lipinski definition) is 2. The number of nitrogens with one attached hydrogen (secondary N) is 1. The van der Waals surface area contributed by atoms with Crippen LogP contribution in [0.1, 0.15) is 29.6 Å². The minimum absolute atomic E-state index is 0.0647. The van der Waals surface area contributed by atoms with Crippen LogP contribution in [0.15, 0.2) is 54.9 Å². The topological polar surface area (TPSA) is 89.1 Å². The first-order valence-electron chi connectivity index (χ1n) is 11.2. The predicted octanol–water partition coefficient (Wildman–Crippen LogP) is 4.55. The third kappa shape index (κ3) is 3.50. The average Bonchev–Trinajstić information content (AvgIpc) is 3.11. The second-order valence-corrected chi connectivity index (χ2v) is 8.65. The molecular weight excluding hydrogens is 412 g/mol. The molecule has 0 saturated heterocycles. The summed E-state index contributed by atoms with van der Waals surface area (Å²) in [5.41, 5.74) is 12.8. The van der Waals surface area contributed by atoms with E-state index in [2.05, 4.69) is 32.0 Å². The van der Waals surface area contributed by atoms with Crippen molar-refractivity contribution in [2.75, 3.05) is 25.1 Å². The third-order valence-corrected chi connectivity index (χ3v) is 6.81. The quantitative estimate of drug-likeness (QED) is 0.475. The Kier molecular flexibility index (Phi) is 5.24. The highest BCUT2D eigenvalue weighted by atomic mass is 16.2. The van der Waals surface area contributed by atoms with Crippen LogP contribution in [0, 0.1) is 0 Å². The van der Waals surface area contributed by atoms with E-state index >= 15 is 0 Å². The van der Waals surface area contributed by atoms with Crippen LogP contribution in [0.5, 0.6) is 0 Å². The van der Waals surface area contributed by atoms with Gasteiger partial charge in [0.05, 0.1) is 11.1 Å². The summed E-state index contributed by atoms with van der Waals surface area (Å²) < 4.78 is 2.06. The SMILES string of the molecule is CNc1ccc(-c2c(-c3ccc(C(=O)N(C)C4CCC4)cc3)c3c(N)ncnc3n2C)cc1. The summed E-state index contributed by atoms with van der Waals surface area (Å²) in [7, 11) is 5.79. The largest absolute Gasteiger partial charge is 0.388 e. The molecule has 0 spiro atoms. The van der Waals surface area contributed by atoms with Gasteiger partial charge in [0, 0.05) is 44.0 Å². The first-order valence-corrected chi connectivity index (χ1v) is 11.2. The van der Waals surface area contributed by atoms with Crippen LogP contribution in [-0.4, -0.2) is 45.5 Å². The molecule has 3 N–H and O–H groups in total. The molecule has 2 heterocycles. The fraction of sp³-hybridized carbons (Fsp3) is 0.269. The number of nitrogens with two attached hydrogens (primary N) is 1.